The van der Waals surface area contributed by atoms with E-state index in [0.29, 0.717) is 5.92 Å². The molecule has 2 amide bonds. The van der Waals surface area contributed by atoms with Crippen molar-refractivity contribution in [1.29, 1.82) is 0 Å². The number of piperidine rings is 1. The van der Waals surface area contributed by atoms with Crippen LogP contribution in [0, 0.1) is 5.92 Å². The number of carbonyl (C=O) groups excluding carboxylic acids is 1. The molecule has 1 atom stereocenters. The Morgan fingerprint density at radius 3 is 2.61 bits per heavy atom. The first-order chi connectivity index (χ1) is 13.8. The zero-order valence-electron chi connectivity index (χ0n) is 16.4. The number of carbonyl (C=O) groups is 1. The van der Waals surface area contributed by atoms with Crippen LogP contribution in [0.5, 0.6) is 0 Å². The highest BCUT2D eigenvalue weighted by Gasteiger charge is 2.24. The molecule has 3 heterocycles. The first-order valence-electron chi connectivity index (χ1n) is 10.4. The maximum Gasteiger partial charge on any atom is 0.317 e. The highest BCUT2D eigenvalue weighted by Crippen LogP contribution is 2.20. The van der Waals surface area contributed by atoms with Crippen LogP contribution in [-0.4, -0.2) is 61.6 Å². The van der Waals surface area contributed by atoms with Gasteiger partial charge in [-0.15, -0.1) is 11.3 Å². The Bertz CT molecular complexity index is 728. The summed E-state index contributed by atoms with van der Waals surface area (Å²) >= 11 is 1.83. The van der Waals surface area contributed by atoms with Gasteiger partial charge in [-0.25, -0.2) is 4.79 Å². The third-order valence-electron chi connectivity index (χ3n) is 5.79. The molecule has 1 aromatic heterocycles. The lowest BCUT2D eigenvalue weighted by molar-refractivity contribution is 0.160. The fourth-order valence-electron chi connectivity index (χ4n) is 4.23. The molecule has 5 nitrogen and oxygen atoms in total. The van der Waals surface area contributed by atoms with Crippen molar-refractivity contribution in [2.75, 3.05) is 50.7 Å². The molecule has 1 aromatic carbocycles. The number of likely N-dealkylation sites (tertiary alicyclic amines) is 1. The van der Waals surface area contributed by atoms with Gasteiger partial charge in [-0.3, -0.25) is 4.90 Å². The summed E-state index contributed by atoms with van der Waals surface area (Å²) in [5.41, 5.74) is 1.25. The molecule has 2 fully saturated rings. The van der Waals surface area contributed by atoms with Gasteiger partial charge >= 0.3 is 6.03 Å². The Kier molecular flexibility index (Phi) is 6.49. The summed E-state index contributed by atoms with van der Waals surface area (Å²) in [5.74, 6) is 0.559. The molecule has 150 valence electrons. The normalized spacial score (nSPS) is 20.9. The van der Waals surface area contributed by atoms with E-state index in [1.807, 2.05) is 22.3 Å². The molecule has 1 N–H and O–H groups in total. The third-order valence-corrected chi connectivity index (χ3v) is 6.65. The number of thiophene rings is 1. The van der Waals surface area contributed by atoms with E-state index in [9.17, 15) is 4.79 Å². The van der Waals surface area contributed by atoms with Gasteiger partial charge in [-0.05, 0) is 48.9 Å². The minimum absolute atomic E-state index is 0.100. The number of anilines is 1. The first-order valence-corrected chi connectivity index (χ1v) is 11.2. The molecule has 0 saturated carbocycles. The van der Waals surface area contributed by atoms with E-state index in [0.717, 1.165) is 45.8 Å². The van der Waals surface area contributed by atoms with Crippen molar-refractivity contribution >= 4 is 23.1 Å². The molecular weight excluding hydrogens is 368 g/mol. The number of piperazine rings is 1. The van der Waals surface area contributed by atoms with Crippen molar-refractivity contribution in [3.05, 3.63) is 52.7 Å². The molecule has 1 unspecified atom stereocenters. The highest BCUT2D eigenvalue weighted by molar-refractivity contribution is 7.09. The van der Waals surface area contributed by atoms with E-state index in [1.54, 1.807) is 0 Å². The number of rotatable bonds is 5. The van der Waals surface area contributed by atoms with E-state index in [2.05, 4.69) is 56.9 Å². The topological polar surface area (TPSA) is 38.8 Å². The minimum atomic E-state index is 0.100. The van der Waals surface area contributed by atoms with Gasteiger partial charge in [0.2, 0.25) is 0 Å². The van der Waals surface area contributed by atoms with Crippen LogP contribution in [0.1, 0.15) is 17.7 Å². The predicted molar refractivity (Wildman–Crippen MR) is 116 cm³/mol. The first kappa shape index (κ1) is 19.3. The van der Waals surface area contributed by atoms with Crippen LogP contribution in [-0.2, 0) is 6.54 Å². The molecule has 2 aliphatic rings. The van der Waals surface area contributed by atoms with Gasteiger partial charge in [0.15, 0.2) is 0 Å². The molecule has 28 heavy (non-hydrogen) atoms. The average molecular weight is 399 g/mol. The molecule has 0 radical (unpaired) electrons. The lowest BCUT2D eigenvalue weighted by atomic mass is 9.98. The van der Waals surface area contributed by atoms with Gasteiger partial charge in [-0.2, -0.15) is 0 Å². The minimum Gasteiger partial charge on any atom is -0.368 e. The van der Waals surface area contributed by atoms with Gasteiger partial charge in [0.25, 0.3) is 0 Å². The largest absolute Gasteiger partial charge is 0.368 e. The van der Waals surface area contributed by atoms with Crippen LogP contribution in [0.25, 0.3) is 0 Å². The van der Waals surface area contributed by atoms with Crippen molar-refractivity contribution < 1.29 is 4.79 Å². The number of nitrogens with zero attached hydrogens (tertiary/aromatic N) is 3. The monoisotopic (exact) mass is 398 g/mol. The molecule has 2 aliphatic heterocycles. The molecule has 2 saturated heterocycles. The summed E-state index contributed by atoms with van der Waals surface area (Å²) in [5, 5.41) is 5.35. The number of para-hydroxylation sites is 1. The number of hydrogen-bond acceptors (Lipinski definition) is 4. The van der Waals surface area contributed by atoms with Gasteiger partial charge in [0.05, 0.1) is 0 Å². The van der Waals surface area contributed by atoms with Crippen molar-refractivity contribution in [3.8, 4) is 0 Å². The van der Waals surface area contributed by atoms with Crippen molar-refractivity contribution in [2.24, 2.45) is 5.92 Å². The Labute approximate surface area is 171 Å². The number of benzene rings is 1. The Hall–Kier alpha value is -2.05. The number of nitrogens with one attached hydrogen (secondary N) is 1. The molecule has 4 rings (SSSR count). The van der Waals surface area contributed by atoms with Gasteiger partial charge in [-0.1, -0.05) is 24.3 Å². The second-order valence-electron chi connectivity index (χ2n) is 7.82. The summed E-state index contributed by atoms with van der Waals surface area (Å²) in [6, 6.07) is 14.9. The van der Waals surface area contributed by atoms with Crippen LogP contribution >= 0.6 is 11.3 Å². The van der Waals surface area contributed by atoms with Crippen LogP contribution in [0.15, 0.2) is 47.8 Å². The van der Waals surface area contributed by atoms with Crippen LogP contribution < -0.4 is 10.2 Å². The maximum absolute atomic E-state index is 12.6. The Balaban J connectivity index is 1.19. The second-order valence-corrected chi connectivity index (χ2v) is 8.85. The zero-order valence-corrected chi connectivity index (χ0v) is 17.2. The zero-order chi connectivity index (χ0) is 19.2. The van der Waals surface area contributed by atoms with Crippen LogP contribution in [0.2, 0.25) is 0 Å². The summed E-state index contributed by atoms with van der Waals surface area (Å²) in [4.78, 5) is 20.9. The second kappa shape index (κ2) is 9.43. The van der Waals surface area contributed by atoms with E-state index < -0.39 is 0 Å². The fraction of sp³-hybridized carbons (Fsp3) is 0.500. The van der Waals surface area contributed by atoms with E-state index in [1.165, 1.54) is 30.0 Å². The van der Waals surface area contributed by atoms with E-state index in [4.69, 9.17) is 0 Å². The number of hydrogen-bond donors (Lipinski definition) is 1. The molecule has 6 heteroatoms. The third kappa shape index (κ3) is 5.06. The quantitative estimate of drug-likeness (QED) is 0.838. The summed E-state index contributed by atoms with van der Waals surface area (Å²) < 4.78 is 0. The van der Waals surface area contributed by atoms with Crippen LogP contribution in [0.4, 0.5) is 10.5 Å². The van der Waals surface area contributed by atoms with E-state index >= 15 is 0 Å². The van der Waals surface area contributed by atoms with Gasteiger partial charge in [0, 0.05) is 56.4 Å². The smallest absolute Gasteiger partial charge is 0.317 e. The highest BCUT2D eigenvalue weighted by atomic mass is 32.1. The Morgan fingerprint density at radius 2 is 1.86 bits per heavy atom. The number of amides is 2. The standard InChI is InChI=1S/C22H30N4OS/c27-22(26-13-11-25(12-14-26)20-7-2-1-3-8-20)23-16-19-6-4-10-24(17-19)18-21-9-5-15-28-21/h1-3,5,7-9,15,19H,4,6,10-14,16-18H2,(H,23,27). The van der Waals surface area contributed by atoms with Crippen molar-refractivity contribution in [1.82, 2.24) is 15.1 Å². The summed E-state index contributed by atoms with van der Waals surface area (Å²) in [7, 11) is 0. The van der Waals surface area contributed by atoms with Crippen molar-refractivity contribution in [2.45, 2.75) is 19.4 Å². The molecule has 0 bridgehead atoms. The average Bonchev–Trinajstić information content (AvgIpc) is 3.26. The number of urea groups is 1. The van der Waals surface area contributed by atoms with Gasteiger partial charge in [0.1, 0.15) is 0 Å². The SMILES string of the molecule is O=C(NCC1CCCN(Cc2cccs2)C1)N1CCN(c2ccccc2)CC1. The lowest BCUT2D eigenvalue weighted by Gasteiger charge is -2.37. The molecular formula is C22H30N4OS. The maximum atomic E-state index is 12.6. The molecule has 2 aromatic rings. The Morgan fingerprint density at radius 1 is 1.04 bits per heavy atom. The van der Waals surface area contributed by atoms with Crippen molar-refractivity contribution in [3.63, 3.8) is 0 Å². The van der Waals surface area contributed by atoms with E-state index in [-0.39, 0.29) is 6.03 Å². The van der Waals surface area contributed by atoms with Crippen LogP contribution in [0.3, 0.4) is 0 Å². The fourth-order valence-corrected chi connectivity index (χ4v) is 4.98. The predicted octanol–water partition coefficient (Wildman–Crippen LogP) is 3.49. The molecule has 0 aliphatic carbocycles. The van der Waals surface area contributed by atoms with Gasteiger partial charge < -0.3 is 15.1 Å². The summed E-state index contributed by atoms with van der Waals surface area (Å²) in [6.07, 6.45) is 2.44. The molecule has 0 spiro atoms. The summed E-state index contributed by atoms with van der Waals surface area (Å²) in [6.45, 7) is 7.46. The lowest BCUT2D eigenvalue weighted by Crippen LogP contribution is -2.53.